The van der Waals surface area contributed by atoms with E-state index in [1.807, 2.05) is 0 Å². The first-order valence-corrected chi connectivity index (χ1v) is 5.49. The van der Waals surface area contributed by atoms with Gasteiger partial charge in [0.15, 0.2) is 0 Å². The molecule has 94 valence electrons. The predicted octanol–water partition coefficient (Wildman–Crippen LogP) is 1.49. The van der Waals surface area contributed by atoms with E-state index < -0.39 is 12.6 Å². The lowest BCUT2D eigenvalue weighted by molar-refractivity contribution is -0.141. The molecule has 0 radical (unpaired) electrons. The van der Waals surface area contributed by atoms with Crippen LogP contribution in [0.3, 0.4) is 0 Å². The Morgan fingerprint density at radius 2 is 1.75 bits per heavy atom. The number of carbonyl (C=O) groups is 1. The van der Waals surface area contributed by atoms with Gasteiger partial charge >= 0.3 is 6.18 Å². The minimum Gasteiger partial charge on any atom is -0.340 e. The quantitative estimate of drug-likeness (QED) is 0.743. The van der Waals surface area contributed by atoms with Crippen molar-refractivity contribution in [2.24, 2.45) is 0 Å². The number of carbonyl (C=O) groups excluding carboxylic acids is 1. The Kier molecular flexibility index (Phi) is 4.58. The van der Waals surface area contributed by atoms with E-state index in [1.54, 1.807) is 16.7 Å². The van der Waals surface area contributed by atoms with Gasteiger partial charge in [0.1, 0.15) is 0 Å². The fraction of sp³-hybridized carbons (Fsp3) is 0.900. The predicted molar refractivity (Wildman–Crippen MR) is 54.0 cm³/mol. The Labute approximate surface area is 93.2 Å². The largest absolute Gasteiger partial charge is 0.390 e. The van der Waals surface area contributed by atoms with Crippen LogP contribution < -0.4 is 0 Å². The number of amides is 1. The average molecular weight is 238 g/mol. The van der Waals surface area contributed by atoms with Gasteiger partial charge in [-0.25, -0.2) is 0 Å². The minimum atomic E-state index is -4.09. The number of nitrogens with zero attached hydrogens (tertiary/aromatic N) is 2. The van der Waals surface area contributed by atoms with Gasteiger partial charge in [-0.1, -0.05) is 6.92 Å². The van der Waals surface area contributed by atoms with Crippen LogP contribution >= 0.6 is 0 Å². The van der Waals surface area contributed by atoms with Crippen LogP contribution in [0.1, 0.15) is 19.8 Å². The summed E-state index contributed by atoms with van der Waals surface area (Å²) in [6, 6.07) is 0. The van der Waals surface area contributed by atoms with Gasteiger partial charge in [0.05, 0.1) is 6.42 Å². The van der Waals surface area contributed by atoms with Crippen LogP contribution in [0.25, 0.3) is 0 Å². The Morgan fingerprint density at radius 3 is 2.19 bits per heavy atom. The lowest BCUT2D eigenvalue weighted by Crippen LogP contribution is -2.49. The Balaban J connectivity index is 2.24. The zero-order valence-electron chi connectivity index (χ0n) is 9.39. The molecule has 16 heavy (non-hydrogen) atoms. The van der Waals surface area contributed by atoms with E-state index in [1.165, 1.54) is 0 Å². The number of piperazine rings is 1. The maximum absolute atomic E-state index is 12.0. The Bertz CT molecular complexity index is 235. The third-order valence-corrected chi connectivity index (χ3v) is 2.74. The summed E-state index contributed by atoms with van der Waals surface area (Å²) in [6.07, 6.45) is -4.40. The zero-order chi connectivity index (χ0) is 12.2. The summed E-state index contributed by atoms with van der Waals surface area (Å²) in [5.41, 5.74) is 0. The molecule has 0 aromatic heterocycles. The molecule has 0 saturated carbocycles. The summed E-state index contributed by atoms with van der Waals surface area (Å²) in [5, 5.41) is 0. The molecule has 1 rings (SSSR count). The molecule has 1 heterocycles. The van der Waals surface area contributed by atoms with Crippen LogP contribution in [0.2, 0.25) is 0 Å². The molecule has 1 amide bonds. The highest BCUT2D eigenvalue weighted by atomic mass is 19.4. The number of hydrogen-bond donors (Lipinski definition) is 0. The molecule has 0 aliphatic carbocycles. The van der Waals surface area contributed by atoms with Crippen LogP contribution in [0.5, 0.6) is 0 Å². The number of alkyl halides is 3. The molecule has 1 aliphatic rings. The molecule has 3 nitrogen and oxygen atoms in total. The Morgan fingerprint density at radius 1 is 1.19 bits per heavy atom. The first kappa shape index (κ1) is 13.3. The van der Waals surface area contributed by atoms with Crippen molar-refractivity contribution in [1.82, 2.24) is 9.80 Å². The maximum atomic E-state index is 12.0. The molecule has 0 aromatic carbocycles. The minimum absolute atomic E-state index is 0.0393. The maximum Gasteiger partial charge on any atom is 0.390 e. The first-order chi connectivity index (χ1) is 7.42. The fourth-order valence-electron chi connectivity index (χ4n) is 1.73. The summed E-state index contributed by atoms with van der Waals surface area (Å²) in [5.74, 6) is 0.0791. The smallest absolute Gasteiger partial charge is 0.340 e. The molecule has 0 bridgehead atoms. The van der Waals surface area contributed by atoms with Crippen LogP contribution in [0, 0.1) is 0 Å². The standard InChI is InChI=1S/C10H17F3N2O/c1-2-9(16)15-7-5-14(6-8-15)4-3-10(11,12)13/h2-8H2,1H3. The first-order valence-electron chi connectivity index (χ1n) is 5.49. The van der Waals surface area contributed by atoms with Gasteiger partial charge in [-0.3, -0.25) is 9.69 Å². The SMILES string of the molecule is CCC(=O)N1CCN(CCC(F)(F)F)CC1. The van der Waals surface area contributed by atoms with E-state index in [-0.39, 0.29) is 12.5 Å². The van der Waals surface area contributed by atoms with Gasteiger partial charge in [0, 0.05) is 39.1 Å². The molecule has 0 atom stereocenters. The molecular weight excluding hydrogens is 221 g/mol. The topological polar surface area (TPSA) is 23.6 Å². The summed E-state index contributed by atoms with van der Waals surface area (Å²) < 4.78 is 35.9. The molecule has 0 unspecified atom stereocenters. The van der Waals surface area contributed by atoms with E-state index in [0.29, 0.717) is 32.6 Å². The van der Waals surface area contributed by atoms with Crippen molar-refractivity contribution in [1.29, 1.82) is 0 Å². The Hall–Kier alpha value is -0.780. The van der Waals surface area contributed by atoms with Gasteiger partial charge in [0.2, 0.25) is 5.91 Å². The average Bonchev–Trinajstić information content (AvgIpc) is 2.25. The molecule has 1 aliphatic heterocycles. The van der Waals surface area contributed by atoms with Crippen LogP contribution in [0.4, 0.5) is 13.2 Å². The second kappa shape index (κ2) is 5.52. The summed E-state index contributed by atoms with van der Waals surface area (Å²) >= 11 is 0. The summed E-state index contributed by atoms with van der Waals surface area (Å²) in [6.45, 7) is 4.01. The molecular formula is C10H17F3N2O. The van der Waals surface area contributed by atoms with E-state index in [4.69, 9.17) is 0 Å². The second-order valence-corrected chi connectivity index (χ2v) is 3.94. The van der Waals surface area contributed by atoms with Crippen molar-refractivity contribution in [3.8, 4) is 0 Å². The molecule has 0 spiro atoms. The van der Waals surface area contributed by atoms with Gasteiger partial charge in [0.25, 0.3) is 0 Å². The molecule has 1 saturated heterocycles. The van der Waals surface area contributed by atoms with E-state index in [0.717, 1.165) is 0 Å². The molecule has 6 heteroatoms. The highest BCUT2D eigenvalue weighted by Crippen LogP contribution is 2.20. The second-order valence-electron chi connectivity index (χ2n) is 3.94. The number of rotatable bonds is 3. The third-order valence-electron chi connectivity index (χ3n) is 2.74. The van der Waals surface area contributed by atoms with Gasteiger partial charge in [-0.05, 0) is 0 Å². The van der Waals surface area contributed by atoms with Crippen molar-refractivity contribution in [3.63, 3.8) is 0 Å². The highest BCUT2D eigenvalue weighted by molar-refractivity contribution is 5.75. The van der Waals surface area contributed by atoms with Crippen molar-refractivity contribution >= 4 is 5.91 Å². The summed E-state index contributed by atoms with van der Waals surface area (Å²) in [7, 11) is 0. The fourth-order valence-corrected chi connectivity index (χ4v) is 1.73. The van der Waals surface area contributed by atoms with E-state index in [9.17, 15) is 18.0 Å². The third kappa shape index (κ3) is 4.38. The van der Waals surface area contributed by atoms with Crippen molar-refractivity contribution in [2.45, 2.75) is 25.9 Å². The summed E-state index contributed by atoms with van der Waals surface area (Å²) in [4.78, 5) is 14.8. The zero-order valence-corrected chi connectivity index (χ0v) is 9.39. The monoisotopic (exact) mass is 238 g/mol. The normalized spacial score (nSPS) is 18.9. The van der Waals surface area contributed by atoms with Gasteiger partial charge < -0.3 is 4.90 Å². The number of halogens is 3. The lowest BCUT2D eigenvalue weighted by atomic mass is 10.2. The van der Waals surface area contributed by atoms with Crippen molar-refractivity contribution in [3.05, 3.63) is 0 Å². The molecule has 0 aromatic rings. The van der Waals surface area contributed by atoms with Crippen LogP contribution in [0.15, 0.2) is 0 Å². The van der Waals surface area contributed by atoms with E-state index >= 15 is 0 Å². The van der Waals surface area contributed by atoms with Crippen molar-refractivity contribution < 1.29 is 18.0 Å². The molecule has 1 fully saturated rings. The lowest BCUT2D eigenvalue weighted by Gasteiger charge is -2.34. The number of hydrogen-bond acceptors (Lipinski definition) is 2. The van der Waals surface area contributed by atoms with Gasteiger partial charge in [-0.15, -0.1) is 0 Å². The van der Waals surface area contributed by atoms with Crippen LogP contribution in [-0.4, -0.2) is 54.6 Å². The molecule has 0 N–H and O–H groups in total. The highest BCUT2D eigenvalue weighted by Gasteiger charge is 2.29. The van der Waals surface area contributed by atoms with Crippen molar-refractivity contribution in [2.75, 3.05) is 32.7 Å². The van der Waals surface area contributed by atoms with Crippen LogP contribution in [-0.2, 0) is 4.79 Å². The van der Waals surface area contributed by atoms with Gasteiger partial charge in [-0.2, -0.15) is 13.2 Å². The van der Waals surface area contributed by atoms with E-state index in [2.05, 4.69) is 0 Å².